The molecule has 1 aromatic heterocycles. The number of hydrogen-bond donors (Lipinski definition) is 0. The number of aromatic nitrogens is 1. The number of nitrogens with zero attached hydrogens (tertiary/aromatic N) is 2. The molecule has 4 heteroatoms. The van der Waals surface area contributed by atoms with Crippen LogP contribution in [-0.2, 0) is 6.42 Å². The van der Waals surface area contributed by atoms with Crippen LogP contribution in [0.4, 0.5) is 0 Å². The second-order valence-corrected chi connectivity index (χ2v) is 3.47. The second-order valence-electron chi connectivity index (χ2n) is 3.47. The normalized spacial score (nSPS) is 16.5. The highest BCUT2D eigenvalue weighted by molar-refractivity contribution is 5.93. The van der Waals surface area contributed by atoms with Crippen molar-refractivity contribution >= 4 is 5.91 Å². The van der Waals surface area contributed by atoms with Crippen molar-refractivity contribution < 1.29 is 9.21 Å². The summed E-state index contributed by atoms with van der Waals surface area (Å²) in [4.78, 5) is 17.5. The Hall–Kier alpha value is -1.32. The van der Waals surface area contributed by atoms with Crippen LogP contribution in [0.25, 0.3) is 0 Å². The number of oxazole rings is 1. The quantitative estimate of drug-likeness (QED) is 0.649. The van der Waals surface area contributed by atoms with E-state index in [1.807, 2.05) is 13.8 Å². The molecule has 2 heterocycles. The number of fused-ring (bicyclic) bond motifs is 1. The standard InChI is InChI=1S/C9H12N2O2/c1-6(2)11-4-3-7-8(9(11)12)13-5-10-7/h5-6H,3-4H2,1-2H3. The molecule has 0 aromatic carbocycles. The molecule has 70 valence electrons. The molecule has 13 heavy (non-hydrogen) atoms. The second kappa shape index (κ2) is 2.87. The fraction of sp³-hybridized carbons (Fsp3) is 0.556. The summed E-state index contributed by atoms with van der Waals surface area (Å²) in [5.74, 6) is 0.383. The molecule has 1 aliphatic heterocycles. The Labute approximate surface area is 76.6 Å². The summed E-state index contributed by atoms with van der Waals surface area (Å²) < 4.78 is 5.05. The Bertz CT molecular complexity index is 330. The lowest BCUT2D eigenvalue weighted by Crippen LogP contribution is -2.41. The van der Waals surface area contributed by atoms with Crippen LogP contribution in [0, 0.1) is 0 Å². The van der Waals surface area contributed by atoms with Gasteiger partial charge in [0.2, 0.25) is 5.76 Å². The first-order valence-corrected chi connectivity index (χ1v) is 4.43. The molecule has 2 rings (SSSR count). The summed E-state index contributed by atoms with van der Waals surface area (Å²) in [7, 11) is 0. The number of hydrogen-bond acceptors (Lipinski definition) is 3. The van der Waals surface area contributed by atoms with E-state index in [9.17, 15) is 4.79 Å². The zero-order valence-electron chi connectivity index (χ0n) is 7.78. The molecule has 0 atom stereocenters. The molecule has 0 fully saturated rings. The molecular formula is C9H12N2O2. The van der Waals surface area contributed by atoms with Crippen molar-refractivity contribution in [3.8, 4) is 0 Å². The number of carbonyl (C=O) groups excluding carboxylic acids is 1. The van der Waals surface area contributed by atoms with Crippen molar-refractivity contribution in [3.63, 3.8) is 0 Å². The maximum absolute atomic E-state index is 11.7. The van der Waals surface area contributed by atoms with Crippen LogP contribution in [0.3, 0.4) is 0 Å². The van der Waals surface area contributed by atoms with Gasteiger partial charge in [-0.2, -0.15) is 0 Å². The van der Waals surface area contributed by atoms with Gasteiger partial charge in [-0.25, -0.2) is 4.98 Å². The highest BCUT2D eigenvalue weighted by Crippen LogP contribution is 2.18. The summed E-state index contributed by atoms with van der Waals surface area (Å²) in [6, 6.07) is 0.228. The van der Waals surface area contributed by atoms with Gasteiger partial charge in [-0.15, -0.1) is 0 Å². The molecule has 4 nitrogen and oxygen atoms in total. The van der Waals surface area contributed by atoms with Crippen molar-refractivity contribution in [3.05, 3.63) is 17.8 Å². The molecule has 1 aromatic rings. The Kier molecular flexibility index (Phi) is 1.83. The number of rotatable bonds is 1. The van der Waals surface area contributed by atoms with Gasteiger partial charge in [0.15, 0.2) is 6.39 Å². The van der Waals surface area contributed by atoms with Crippen molar-refractivity contribution in [1.82, 2.24) is 9.88 Å². The topological polar surface area (TPSA) is 46.3 Å². The van der Waals surface area contributed by atoms with Gasteiger partial charge in [-0.3, -0.25) is 4.79 Å². The van der Waals surface area contributed by atoms with Crippen LogP contribution >= 0.6 is 0 Å². The van der Waals surface area contributed by atoms with Crippen molar-refractivity contribution in [2.24, 2.45) is 0 Å². The maximum atomic E-state index is 11.7. The van der Waals surface area contributed by atoms with Gasteiger partial charge in [0, 0.05) is 19.0 Å². The predicted molar refractivity (Wildman–Crippen MR) is 46.4 cm³/mol. The molecule has 1 aliphatic rings. The van der Waals surface area contributed by atoms with Crippen molar-refractivity contribution in [2.75, 3.05) is 6.54 Å². The van der Waals surface area contributed by atoms with Gasteiger partial charge >= 0.3 is 0 Å². The van der Waals surface area contributed by atoms with Gasteiger partial charge in [-0.1, -0.05) is 0 Å². The minimum atomic E-state index is -0.0336. The Morgan fingerprint density at radius 3 is 3.08 bits per heavy atom. The van der Waals surface area contributed by atoms with Crippen molar-refractivity contribution in [1.29, 1.82) is 0 Å². The van der Waals surface area contributed by atoms with Crippen molar-refractivity contribution in [2.45, 2.75) is 26.3 Å². The monoisotopic (exact) mass is 180 g/mol. The molecule has 0 N–H and O–H groups in total. The largest absolute Gasteiger partial charge is 0.438 e. The third kappa shape index (κ3) is 1.22. The van der Waals surface area contributed by atoms with Gasteiger partial charge in [0.05, 0.1) is 5.69 Å². The first-order chi connectivity index (χ1) is 6.20. The van der Waals surface area contributed by atoms with E-state index in [1.165, 1.54) is 6.39 Å². The van der Waals surface area contributed by atoms with Crippen LogP contribution < -0.4 is 0 Å². The lowest BCUT2D eigenvalue weighted by atomic mass is 10.1. The molecule has 1 amide bonds. The lowest BCUT2D eigenvalue weighted by Gasteiger charge is -2.28. The van der Waals surface area contributed by atoms with Crippen LogP contribution in [0.1, 0.15) is 30.1 Å². The maximum Gasteiger partial charge on any atom is 0.291 e. The van der Waals surface area contributed by atoms with E-state index in [4.69, 9.17) is 4.42 Å². The summed E-state index contributed by atoms with van der Waals surface area (Å²) in [5.41, 5.74) is 0.793. The van der Waals surface area contributed by atoms with E-state index < -0.39 is 0 Å². The van der Waals surface area contributed by atoms with E-state index in [2.05, 4.69) is 4.98 Å². The number of amides is 1. The van der Waals surface area contributed by atoms with E-state index in [0.717, 1.165) is 18.7 Å². The van der Waals surface area contributed by atoms with Gasteiger partial charge < -0.3 is 9.32 Å². The van der Waals surface area contributed by atoms with Crippen LogP contribution in [0.2, 0.25) is 0 Å². The SMILES string of the molecule is CC(C)N1CCc2ncoc2C1=O. The number of carbonyl (C=O) groups is 1. The molecule has 0 saturated carbocycles. The lowest BCUT2D eigenvalue weighted by molar-refractivity contribution is 0.0651. The fourth-order valence-electron chi connectivity index (χ4n) is 1.57. The average Bonchev–Trinajstić information content (AvgIpc) is 2.52. The van der Waals surface area contributed by atoms with Gasteiger partial charge in [0.1, 0.15) is 0 Å². The zero-order valence-corrected chi connectivity index (χ0v) is 7.78. The zero-order chi connectivity index (χ0) is 9.42. The van der Waals surface area contributed by atoms with Gasteiger partial charge in [0.25, 0.3) is 5.91 Å². The molecular weight excluding hydrogens is 168 g/mol. The highest BCUT2D eigenvalue weighted by Gasteiger charge is 2.29. The van der Waals surface area contributed by atoms with E-state index in [-0.39, 0.29) is 11.9 Å². The van der Waals surface area contributed by atoms with E-state index >= 15 is 0 Å². The minimum Gasteiger partial charge on any atom is -0.438 e. The van der Waals surface area contributed by atoms with Crippen LogP contribution in [0.5, 0.6) is 0 Å². The fourth-order valence-corrected chi connectivity index (χ4v) is 1.57. The predicted octanol–water partition coefficient (Wildman–Crippen LogP) is 1.08. The Morgan fingerprint density at radius 1 is 1.62 bits per heavy atom. The summed E-state index contributed by atoms with van der Waals surface area (Å²) in [6.07, 6.45) is 2.14. The summed E-state index contributed by atoms with van der Waals surface area (Å²) in [6.45, 7) is 4.74. The van der Waals surface area contributed by atoms with Crippen LogP contribution in [0.15, 0.2) is 10.8 Å². The Balaban J connectivity index is 2.32. The molecule has 0 radical (unpaired) electrons. The van der Waals surface area contributed by atoms with E-state index in [0.29, 0.717) is 5.76 Å². The summed E-state index contributed by atoms with van der Waals surface area (Å²) in [5, 5.41) is 0. The molecule has 0 saturated heterocycles. The molecule has 0 spiro atoms. The van der Waals surface area contributed by atoms with Crippen LogP contribution in [-0.4, -0.2) is 28.4 Å². The first-order valence-electron chi connectivity index (χ1n) is 4.43. The molecule has 0 aliphatic carbocycles. The highest BCUT2D eigenvalue weighted by atomic mass is 16.4. The third-order valence-corrected chi connectivity index (χ3v) is 2.31. The summed E-state index contributed by atoms with van der Waals surface area (Å²) >= 11 is 0. The molecule has 0 unspecified atom stereocenters. The third-order valence-electron chi connectivity index (χ3n) is 2.31. The Morgan fingerprint density at radius 2 is 2.38 bits per heavy atom. The minimum absolute atomic E-state index is 0.0336. The first kappa shape index (κ1) is 8.29. The smallest absolute Gasteiger partial charge is 0.291 e. The van der Waals surface area contributed by atoms with Gasteiger partial charge in [-0.05, 0) is 13.8 Å². The average molecular weight is 180 g/mol. The van der Waals surface area contributed by atoms with E-state index in [1.54, 1.807) is 4.90 Å². The molecule has 0 bridgehead atoms.